The van der Waals surface area contributed by atoms with Crippen LogP contribution < -0.4 is 16.0 Å². The zero-order valence-corrected chi connectivity index (χ0v) is 11.6. The number of aliphatic carboxylic acids is 1. The summed E-state index contributed by atoms with van der Waals surface area (Å²) in [5.41, 5.74) is -0.375. The van der Waals surface area contributed by atoms with Crippen LogP contribution in [0.15, 0.2) is 0 Å². The largest absolute Gasteiger partial charge is 0.479 e. The highest BCUT2D eigenvalue weighted by atomic mass is 16.5. The number of carbonyl (C=O) groups is 3. The fourth-order valence-electron chi connectivity index (χ4n) is 1.14. The maximum atomic E-state index is 11.4. The molecule has 0 radical (unpaired) electrons. The molecular formula is C11H21N3O5. The number of urea groups is 1. The van der Waals surface area contributed by atoms with Gasteiger partial charge in [-0.2, -0.15) is 0 Å². The molecule has 0 aliphatic heterocycles. The number of carbonyl (C=O) groups excluding carboxylic acids is 2. The second-order valence-electron chi connectivity index (χ2n) is 4.92. The van der Waals surface area contributed by atoms with Gasteiger partial charge in [0, 0.05) is 12.6 Å². The van der Waals surface area contributed by atoms with E-state index in [1.807, 2.05) is 20.8 Å². The van der Waals surface area contributed by atoms with Gasteiger partial charge in [0.2, 0.25) is 5.91 Å². The van der Waals surface area contributed by atoms with Gasteiger partial charge < -0.3 is 25.8 Å². The number of amides is 3. The van der Waals surface area contributed by atoms with Crippen molar-refractivity contribution in [3.8, 4) is 0 Å². The van der Waals surface area contributed by atoms with Gasteiger partial charge in [0.15, 0.2) is 6.10 Å². The van der Waals surface area contributed by atoms with Crippen molar-refractivity contribution in [1.82, 2.24) is 16.0 Å². The summed E-state index contributed by atoms with van der Waals surface area (Å²) >= 11 is 0. The van der Waals surface area contributed by atoms with E-state index in [-0.39, 0.29) is 24.5 Å². The Hall–Kier alpha value is -1.83. The van der Waals surface area contributed by atoms with Crippen molar-refractivity contribution in [3.63, 3.8) is 0 Å². The van der Waals surface area contributed by atoms with E-state index >= 15 is 0 Å². The fourth-order valence-corrected chi connectivity index (χ4v) is 1.14. The Balaban J connectivity index is 3.94. The molecule has 0 rings (SSSR count). The van der Waals surface area contributed by atoms with Gasteiger partial charge in [-0.25, -0.2) is 9.59 Å². The minimum Gasteiger partial charge on any atom is -0.479 e. The molecular weight excluding hydrogens is 254 g/mol. The highest BCUT2D eigenvalue weighted by Gasteiger charge is 2.18. The summed E-state index contributed by atoms with van der Waals surface area (Å²) in [6, 6.07) is -0.632. The highest BCUT2D eigenvalue weighted by molar-refractivity contribution is 5.84. The average molecular weight is 275 g/mol. The van der Waals surface area contributed by atoms with Crippen LogP contribution >= 0.6 is 0 Å². The van der Waals surface area contributed by atoms with E-state index in [2.05, 4.69) is 20.7 Å². The number of carboxylic acid groups (broad SMARTS) is 1. The summed E-state index contributed by atoms with van der Waals surface area (Å²) in [7, 11) is 1.23. The summed E-state index contributed by atoms with van der Waals surface area (Å²) in [4.78, 5) is 33.3. The average Bonchev–Trinajstić information content (AvgIpc) is 2.24. The van der Waals surface area contributed by atoms with Gasteiger partial charge in [0.1, 0.15) is 0 Å². The SMILES string of the molecule is COC(CNC(=O)NCC(=O)NC(C)(C)C)C(=O)O. The topological polar surface area (TPSA) is 117 Å². The van der Waals surface area contributed by atoms with E-state index < -0.39 is 18.1 Å². The van der Waals surface area contributed by atoms with Gasteiger partial charge in [-0.15, -0.1) is 0 Å². The zero-order valence-electron chi connectivity index (χ0n) is 11.6. The van der Waals surface area contributed by atoms with Gasteiger partial charge in [0.25, 0.3) is 0 Å². The van der Waals surface area contributed by atoms with Gasteiger partial charge in [-0.1, -0.05) is 0 Å². The molecule has 19 heavy (non-hydrogen) atoms. The molecule has 0 saturated carbocycles. The van der Waals surface area contributed by atoms with E-state index in [0.29, 0.717) is 0 Å². The standard InChI is InChI=1S/C11H21N3O5/c1-11(2,3)14-8(15)6-13-10(18)12-5-7(19-4)9(16)17/h7H,5-6H2,1-4H3,(H,14,15)(H,16,17)(H2,12,13,18). The molecule has 8 heteroatoms. The number of carboxylic acids is 1. The lowest BCUT2D eigenvalue weighted by molar-refractivity contribution is -0.148. The predicted octanol–water partition coefficient (Wildman–Crippen LogP) is -0.700. The molecule has 3 amide bonds. The smallest absolute Gasteiger partial charge is 0.334 e. The summed E-state index contributed by atoms with van der Waals surface area (Å²) in [6.45, 7) is 5.09. The second kappa shape index (κ2) is 7.57. The van der Waals surface area contributed by atoms with Gasteiger partial charge in [-0.3, -0.25) is 4.79 Å². The Kier molecular flexibility index (Phi) is 6.84. The van der Waals surface area contributed by atoms with Crippen LogP contribution in [-0.4, -0.2) is 54.9 Å². The number of hydrogen-bond donors (Lipinski definition) is 4. The third kappa shape index (κ3) is 8.83. The Bertz CT molecular complexity index is 338. The Labute approximate surface area is 111 Å². The van der Waals surface area contributed by atoms with Gasteiger partial charge in [0.05, 0.1) is 13.1 Å². The van der Waals surface area contributed by atoms with E-state index in [1.165, 1.54) is 7.11 Å². The quantitative estimate of drug-likeness (QED) is 0.511. The molecule has 8 nitrogen and oxygen atoms in total. The van der Waals surface area contributed by atoms with Gasteiger partial charge >= 0.3 is 12.0 Å². The third-order valence-corrected chi connectivity index (χ3v) is 1.93. The minimum absolute atomic E-state index is 0.182. The number of hydrogen-bond acceptors (Lipinski definition) is 4. The summed E-state index contributed by atoms with van der Waals surface area (Å²) in [6.07, 6.45) is -1.12. The Morgan fingerprint density at radius 1 is 1.21 bits per heavy atom. The fraction of sp³-hybridized carbons (Fsp3) is 0.727. The molecule has 0 heterocycles. The van der Waals surface area contributed by atoms with Crippen molar-refractivity contribution < 1.29 is 24.2 Å². The van der Waals surface area contributed by atoms with Crippen molar-refractivity contribution in [2.75, 3.05) is 20.2 Å². The minimum atomic E-state index is -1.17. The first-order valence-corrected chi connectivity index (χ1v) is 5.74. The first kappa shape index (κ1) is 17.2. The van der Waals surface area contributed by atoms with Crippen LogP contribution in [0.1, 0.15) is 20.8 Å². The Morgan fingerprint density at radius 3 is 2.21 bits per heavy atom. The lowest BCUT2D eigenvalue weighted by Gasteiger charge is -2.20. The summed E-state index contributed by atoms with van der Waals surface area (Å²) < 4.78 is 4.63. The van der Waals surface area contributed by atoms with Crippen molar-refractivity contribution in [2.24, 2.45) is 0 Å². The van der Waals surface area contributed by atoms with E-state index in [9.17, 15) is 14.4 Å². The molecule has 1 atom stereocenters. The molecule has 0 saturated heterocycles. The third-order valence-electron chi connectivity index (χ3n) is 1.93. The molecule has 0 fully saturated rings. The number of rotatable bonds is 6. The number of nitrogens with one attached hydrogen (secondary N) is 3. The lowest BCUT2D eigenvalue weighted by atomic mass is 10.1. The molecule has 1 unspecified atom stereocenters. The lowest BCUT2D eigenvalue weighted by Crippen LogP contribution is -2.49. The predicted molar refractivity (Wildman–Crippen MR) is 67.7 cm³/mol. The molecule has 0 aromatic rings. The van der Waals surface area contributed by atoms with Crippen LogP contribution in [0.3, 0.4) is 0 Å². The van der Waals surface area contributed by atoms with Crippen LogP contribution in [0.4, 0.5) is 4.79 Å². The van der Waals surface area contributed by atoms with Crippen LogP contribution in [0.2, 0.25) is 0 Å². The second-order valence-corrected chi connectivity index (χ2v) is 4.92. The van der Waals surface area contributed by atoms with E-state index in [4.69, 9.17) is 5.11 Å². The first-order valence-electron chi connectivity index (χ1n) is 5.74. The molecule has 110 valence electrons. The van der Waals surface area contributed by atoms with Crippen molar-refractivity contribution in [1.29, 1.82) is 0 Å². The number of methoxy groups -OCH3 is 1. The zero-order chi connectivity index (χ0) is 15.1. The van der Waals surface area contributed by atoms with Crippen LogP contribution in [-0.2, 0) is 14.3 Å². The van der Waals surface area contributed by atoms with Crippen molar-refractivity contribution in [3.05, 3.63) is 0 Å². The molecule has 4 N–H and O–H groups in total. The summed E-state index contributed by atoms with van der Waals surface area (Å²) in [5, 5.41) is 15.9. The van der Waals surface area contributed by atoms with Crippen LogP contribution in [0, 0.1) is 0 Å². The molecule has 0 spiro atoms. The van der Waals surface area contributed by atoms with Crippen molar-refractivity contribution in [2.45, 2.75) is 32.4 Å². The normalized spacial score (nSPS) is 12.4. The molecule has 0 aliphatic carbocycles. The van der Waals surface area contributed by atoms with Gasteiger partial charge in [-0.05, 0) is 20.8 Å². The maximum absolute atomic E-state index is 11.4. The van der Waals surface area contributed by atoms with E-state index in [0.717, 1.165) is 0 Å². The van der Waals surface area contributed by atoms with Crippen LogP contribution in [0.25, 0.3) is 0 Å². The maximum Gasteiger partial charge on any atom is 0.334 e. The summed E-state index contributed by atoms with van der Waals surface area (Å²) in [5.74, 6) is -1.50. The first-order chi connectivity index (χ1) is 8.65. The highest BCUT2D eigenvalue weighted by Crippen LogP contribution is 1.97. The van der Waals surface area contributed by atoms with Crippen LogP contribution in [0.5, 0.6) is 0 Å². The van der Waals surface area contributed by atoms with Crippen molar-refractivity contribution >= 4 is 17.9 Å². The molecule has 0 aromatic heterocycles. The molecule has 0 bridgehead atoms. The monoisotopic (exact) mass is 275 g/mol. The number of ether oxygens (including phenoxy) is 1. The van der Waals surface area contributed by atoms with E-state index in [1.54, 1.807) is 0 Å². The molecule has 0 aliphatic rings. The Morgan fingerprint density at radius 2 is 1.79 bits per heavy atom. The molecule has 0 aromatic carbocycles.